The number of benzene rings is 2. The fourth-order valence-electron chi connectivity index (χ4n) is 2.85. The summed E-state index contributed by atoms with van der Waals surface area (Å²) in [6.07, 6.45) is -0.174. The second-order valence-electron chi connectivity index (χ2n) is 7.93. The number of carbonyl (C=O) groups is 1. The molecule has 2 aromatic carbocycles. The number of β-amino-alcohol motifs (C(OH)–C–C–N with tert-alkyl or cyclic N) is 1. The minimum atomic E-state index is -1.30. The molecule has 1 atom stereocenters. The predicted molar refractivity (Wildman–Crippen MR) is 117 cm³/mol. The van der Waals surface area contributed by atoms with Crippen molar-refractivity contribution in [1.29, 1.82) is 0 Å². The van der Waals surface area contributed by atoms with Crippen molar-refractivity contribution in [3.05, 3.63) is 68.1 Å². The minimum absolute atomic E-state index is 0.0572. The number of amides is 1. The summed E-state index contributed by atoms with van der Waals surface area (Å²) in [5.41, 5.74) is -1.53. The molecule has 0 saturated carbocycles. The maximum Gasteiger partial charge on any atom is 0.410 e. The summed E-state index contributed by atoms with van der Waals surface area (Å²) in [6.45, 7) is 5.74. The summed E-state index contributed by atoms with van der Waals surface area (Å²) in [5.74, 6) is -0.837. The maximum atomic E-state index is 13.4. The highest BCUT2D eigenvalue weighted by Gasteiger charge is 2.41. The Balaban J connectivity index is 0.000000297. The van der Waals surface area contributed by atoms with E-state index in [0.29, 0.717) is 28.0 Å². The highest BCUT2D eigenvalue weighted by molar-refractivity contribution is 9.10. The second-order valence-corrected chi connectivity index (χ2v) is 9.72. The summed E-state index contributed by atoms with van der Waals surface area (Å²) >= 11 is 14.4. The predicted octanol–water partition coefficient (Wildman–Crippen LogP) is 6.55. The van der Waals surface area contributed by atoms with Gasteiger partial charge in [-0.2, -0.15) is 0 Å². The van der Waals surface area contributed by atoms with Crippen LogP contribution in [0.5, 0.6) is 0 Å². The molecule has 30 heavy (non-hydrogen) atoms. The summed E-state index contributed by atoms with van der Waals surface area (Å²) in [7, 11) is 0. The molecule has 164 valence electrons. The molecule has 0 spiro atoms. The molecule has 1 aliphatic heterocycles. The van der Waals surface area contributed by atoms with E-state index in [-0.39, 0.29) is 17.4 Å². The van der Waals surface area contributed by atoms with Crippen LogP contribution in [0.3, 0.4) is 0 Å². The molecular weight excluding hydrogens is 503 g/mol. The van der Waals surface area contributed by atoms with Crippen LogP contribution < -0.4 is 0 Å². The van der Waals surface area contributed by atoms with E-state index in [4.69, 9.17) is 27.9 Å². The molecule has 4 nitrogen and oxygen atoms in total. The summed E-state index contributed by atoms with van der Waals surface area (Å²) in [5, 5.41) is 11.3. The van der Waals surface area contributed by atoms with E-state index >= 15 is 0 Å². The van der Waals surface area contributed by atoms with Gasteiger partial charge in [-0.1, -0.05) is 39.1 Å². The summed E-state index contributed by atoms with van der Waals surface area (Å²) < 4.78 is 31.7. The van der Waals surface area contributed by atoms with Crippen molar-refractivity contribution in [1.82, 2.24) is 4.90 Å². The zero-order valence-corrected chi connectivity index (χ0v) is 19.8. The minimum Gasteiger partial charge on any atom is -0.444 e. The van der Waals surface area contributed by atoms with Crippen molar-refractivity contribution < 1.29 is 23.4 Å². The quantitative estimate of drug-likeness (QED) is 0.460. The number of nitrogens with zero attached hydrogens (tertiary/aromatic N) is 1. The normalized spacial score (nSPS) is 18.6. The fraction of sp³-hybridized carbons (Fsp3) is 0.381. The van der Waals surface area contributed by atoms with Gasteiger partial charge < -0.3 is 14.7 Å². The molecule has 9 heteroatoms. The van der Waals surface area contributed by atoms with E-state index < -0.39 is 23.1 Å². The van der Waals surface area contributed by atoms with E-state index in [0.717, 1.165) is 0 Å². The smallest absolute Gasteiger partial charge is 0.410 e. The highest BCUT2D eigenvalue weighted by atomic mass is 79.9. The van der Waals surface area contributed by atoms with E-state index in [1.807, 2.05) is 0 Å². The van der Waals surface area contributed by atoms with E-state index in [1.54, 1.807) is 26.8 Å². The van der Waals surface area contributed by atoms with Crippen molar-refractivity contribution in [3.63, 3.8) is 0 Å². The lowest BCUT2D eigenvalue weighted by atomic mass is 9.93. The average Bonchev–Trinajstić information content (AvgIpc) is 2.96. The lowest BCUT2D eigenvalue weighted by molar-refractivity contribution is 0.0139. The van der Waals surface area contributed by atoms with Gasteiger partial charge in [0.05, 0.1) is 6.54 Å². The number of rotatable bonds is 1. The zero-order valence-electron chi connectivity index (χ0n) is 16.7. The first-order valence-electron chi connectivity index (χ1n) is 9.06. The molecule has 1 aliphatic rings. The Labute approximate surface area is 192 Å². The molecule has 0 aliphatic carbocycles. The molecule has 3 rings (SSSR count). The first-order chi connectivity index (χ1) is 13.8. The van der Waals surface area contributed by atoms with Crippen LogP contribution in [-0.2, 0) is 10.3 Å². The van der Waals surface area contributed by atoms with Crippen LogP contribution in [0.15, 0.2) is 40.9 Å². The number of hydrogen-bond acceptors (Lipinski definition) is 3. The third-order valence-electron chi connectivity index (χ3n) is 4.13. The van der Waals surface area contributed by atoms with Gasteiger partial charge >= 0.3 is 6.09 Å². The second kappa shape index (κ2) is 9.81. The zero-order chi connectivity index (χ0) is 22.7. The topological polar surface area (TPSA) is 49.8 Å². The molecule has 1 heterocycles. The number of aliphatic hydroxyl groups is 1. The Morgan fingerprint density at radius 1 is 1.10 bits per heavy atom. The summed E-state index contributed by atoms with van der Waals surface area (Å²) in [6, 6.07) is 8.17. The Morgan fingerprint density at radius 2 is 1.67 bits per heavy atom. The van der Waals surface area contributed by atoms with Crippen molar-refractivity contribution in [2.45, 2.75) is 38.4 Å². The lowest BCUT2D eigenvalue weighted by Gasteiger charge is -2.26. The van der Waals surface area contributed by atoms with Crippen LogP contribution in [0.1, 0.15) is 32.8 Å². The number of carbonyl (C=O) groups excluding carboxylic acids is 1. The third kappa shape index (κ3) is 7.38. The lowest BCUT2D eigenvalue weighted by Crippen LogP contribution is -2.38. The fourth-order valence-corrected chi connectivity index (χ4v) is 3.90. The van der Waals surface area contributed by atoms with Gasteiger partial charge in [-0.25, -0.2) is 13.6 Å². The molecule has 0 radical (unpaired) electrons. The molecule has 0 bridgehead atoms. The molecule has 2 aromatic rings. The first-order valence-corrected chi connectivity index (χ1v) is 10.6. The van der Waals surface area contributed by atoms with Gasteiger partial charge in [0.2, 0.25) is 0 Å². The first kappa shape index (κ1) is 24.9. The van der Waals surface area contributed by atoms with Crippen molar-refractivity contribution in [2.75, 3.05) is 13.1 Å². The van der Waals surface area contributed by atoms with Gasteiger partial charge in [0.15, 0.2) is 0 Å². The van der Waals surface area contributed by atoms with Gasteiger partial charge in [0.25, 0.3) is 0 Å². The van der Waals surface area contributed by atoms with Gasteiger partial charge in [0.1, 0.15) is 22.8 Å². The van der Waals surface area contributed by atoms with Crippen LogP contribution in [0.4, 0.5) is 13.6 Å². The van der Waals surface area contributed by atoms with E-state index in [1.165, 1.54) is 35.2 Å². The Hall–Kier alpha value is -1.41. The molecule has 1 saturated heterocycles. The SMILES string of the molecule is CC(C)(C)OC(=O)N1CCC(O)(c2cc(F)cc(Cl)c2)C1.Fc1cc(Cl)cc(Br)c1. The van der Waals surface area contributed by atoms with Crippen LogP contribution >= 0.6 is 39.1 Å². The van der Waals surface area contributed by atoms with Gasteiger partial charge in [-0.05, 0) is 69.2 Å². The largest absolute Gasteiger partial charge is 0.444 e. The van der Waals surface area contributed by atoms with E-state index in [2.05, 4.69) is 15.9 Å². The van der Waals surface area contributed by atoms with Gasteiger partial charge in [0, 0.05) is 21.1 Å². The maximum absolute atomic E-state index is 13.4. The number of halogens is 5. The van der Waals surface area contributed by atoms with Crippen molar-refractivity contribution >= 4 is 45.2 Å². The van der Waals surface area contributed by atoms with Gasteiger partial charge in [-0.15, -0.1) is 0 Å². The Kier molecular flexibility index (Phi) is 8.13. The van der Waals surface area contributed by atoms with Crippen LogP contribution in [-0.4, -0.2) is 34.8 Å². The Morgan fingerprint density at radius 3 is 2.17 bits per heavy atom. The molecule has 1 unspecified atom stereocenters. The molecule has 1 N–H and O–H groups in total. The van der Waals surface area contributed by atoms with Crippen molar-refractivity contribution in [3.8, 4) is 0 Å². The molecular formula is C21H22BrCl2F2NO3. The summed E-state index contributed by atoms with van der Waals surface area (Å²) in [4.78, 5) is 13.4. The van der Waals surface area contributed by atoms with Crippen LogP contribution in [0, 0.1) is 11.6 Å². The third-order valence-corrected chi connectivity index (χ3v) is 5.02. The highest BCUT2D eigenvalue weighted by Crippen LogP contribution is 2.34. The molecule has 1 amide bonds. The number of ether oxygens (including phenoxy) is 1. The van der Waals surface area contributed by atoms with Crippen LogP contribution in [0.25, 0.3) is 0 Å². The van der Waals surface area contributed by atoms with Crippen LogP contribution in [0.2, 0.25) is 10.0 Å². The number of hydrogen-bond donors (Lipinski definition) is 1. The Bertz CT molecular complexity index is 853. The van der Waals surface area contributed by atoms with Gasteiger partial charge in [-0.3, -0.25) is 0 Å². The van der Waals surface area contributed by atoms with E-state index in [9.17, 15) is 18.7 Å². The molecule has 0 aromatic heterocycles. The number of likely N-dealkylation sites (tertiary alicyclic amines) is 1. The molecule has 1 fully saturated rings. The average molecular weight is 525 g/mol. The monoisotopic (exact) mass is 523 g/mol. The standard InChI is InChI=1S/C15H19ClFNO3.C6H3BrClF/c1-14(2,3)21-13(19)18-5-4-15(20,9-18)10-6-11(16)8-12(17)7-10;7-4-1-5(8)3-6(9)2-4/h6-8,20H,4-5,9H2,1-3H3;1-3H. The van der Waals surface area contributed by atoms with Crippen molar-refractivity contribution in [2.24, 2.45) is 0 Å².